The van der Waals surface area contributed by atoms with Crippen LogP contribution in [0, 0.1) is 13.8 Å². The number of hydrogen-bond acceptors (Lipinski definition) is 3. The van der Waals surface area contributed by atoms with Crippen molar-refractivity contribution < 1.29 is 9.53 Å². The maximum absolute atomic E-state index is 12.2. The second kappa shape index (κ2) is 7.78. The van der Waals surface area contributed by atoms with E-state index in [0.29, 0.717) is 32.6 Å². The number of amides is 1. The molecule has 21 heavy (non-hydrogen) atoms. The summed E-state index contributed by atoms with van der Waals surface area (Å²) in [4.78, 5) is 12.2. The average Bonchev–Trinajstić information content (AvgIpc) is 2.42. The Kier molecular flexibility index (Phi) is 6.65. The van der Waals surface area contributed by atoms with Gasteiger partial charge in [-0.2, -0.15) is 0 Å². The standard InChI is InChI=1S/C16H24N2O2.ClH/c1-12-3-4-14(13(2)11-12)5-8-18-15(19)16(17)6-9-20-10-7-16;/h3-4,11H,5-10,17H2,1-2H3,(H,18,19);1H. The van der Waals surface area contributed by atoms with Crippen LogP contribution in [-0.2, 0) is 16.0 Å². The molecule has 1 aromatic rings. The molecule has 4 nitrogen and oxygen atoms in total. The summed E-state index contributed by atoms with van der Waals surface area (Å²) in [5, 5.41) is 2.96. The fourth-order valence-electron chi connectivity index (χ4n) is 2.58. The van der Waals surface area contributed by atoms with Crippen LogP contribution < -0.4 is 11.1 Å². The summed E-state index contributed by atoms with van der Waals surface area (Å²) in [5.74, 6) is -0.0504. The van der Waals surface area contributed by atoms with Crippen LogP contribution in [0.2, 0.25) is 0 Å². The smallest absolute Gasteiger partial charge is 0.240 e. The second-order valence-corrected chi connectivity index (χ2v) is 5.70. The predicted octanol–water partition coefficient (Wildman–Crippen LogP) is 1.89. The van der Waals surface area contributed by atoms with Crippen molar-refractivity contribution in [3.8, 4) is 0 Å². The molecule has 0 aromatic heterocycles. The van der Waals surface area contributed by atoms with E-state index >= 15 is 0 Å². The van der Waals surface area contributed by atoms with E-state index in [1.54, 1.807) is 0 Å². The number of carbonyl (C=O) groups excluding carboxylic acids is 1. The molecule has 1 aliphatic heterocycles. The van der Waals surface area contributed by atoms with E-state index in [2.05, 4.69) is 37.4 Å². The summed E-state index contributed by atoms with van der Waals surface area (Å²) in [6, 6.07) is 6.40. The molecule has 0 bridgehead atoms. The third-order valence-electron chi connectivity index (χ3n) is 4.02. The van der Waals surface area contributed by atoms with Gasteiger partial charge in [-0.3, -0.25) is 4.79 Å². The summed E-state index contributed by atoms with van der Waals surface area (Å²) >= 11 is 0. The van der Waals surface area contributed by atoms with E-state index in [1.165, 1.54) is 16.7 Å². The maximum atomic E-state index is 12.2. The van der Waals surface area contributed by atoms with Gasteiger partial charge >= 0.3 is 0 Å². The molecule has 1 fully saturated rings. The van der Waals surface area contributed by atoms with Crippen LogP contribution in [0.15, 0.2) is 18.2 Å². The van der Waals surface area contributed by atoms with Crippen molar-refractivity contribution >= 4 is 18.3 Å². The summed E-state index contributed by atoms with van der Waals surface area (Å²) < 4.78 is 5.26. The average molecular weight is 313 g/mol. The molecule has 1 amide bonds. The number of nitrogens with one attached hydrogen (secondary N) is 1. The minimum Gasteiger partial charge on any atom is -0.381 e. The molecule has 0 atom stereocenters. The molecule has 0 aliphatic carbocycles. The quantitative estimate of drug-likeness (QED) is 0.892. The van der Waals surface area contributed by atoms with Crippen molar-refractivity contribution in [2.75, 3.05) is 19.8 Å². The summed E-state index contributed by atoms with van der Waals surface area (Å²) in [5.41, 5.74) is 9.20. The number of nitrogens with two attached hydrogens (primary N) is 1. The fourth-order valence-corrected chi connectivity index (χ4v) is 2.58. The van der Waals surface area contributed by atoms with Gasteiger partial charge in [-0.05, 0) is 44.2 Å². The van der Waals surface area contributed by atoms with Gasteiger partial charge in [-0.25, -0.2) is 0 Å². The van der Waals surface area contributed by atoms with Crippen LogP contribution in [0.3, 0.4) is 0 Å². The first-order valence-electron chi connectivity index (χ1n) is 7.22. The Bertz CT molecular complexity index is 485. The maximum Gasteiger partial charge on any atom is 0.240 e. The van der Waals surface area contributed by atoms with E-state index in [1.807, 2.05) is 0 Å². The number of ether oxygens (including phenoxy) is 1. The fraction of sp³-hybridized carbons (Fsp3) is 0.562. The number of halogens is 1. The van der Waals surface area contributed by atoms with Gasteiger partial charge in [0.05, 0.1) is 5.54 Å². The zero-order valence-corrected chi connectivity index (χ0v) is 13.6. The number of aryl methyl sites for hydroxylation is 2. The Morgan fingerprint density at radius 2 is 2.00 bits per heavy atom. The van der Waals surface area contributed by atoms with E-state index in [4.69, 9.17) is 10.5 Å². The highest BCUT2D eigenvalue weighted by Gasteiger charge is 2.35. The Morgan fingerprint density at radius 3 is 2.62 bits per heavy atom. The molecule has 2 rings (SSSR count). The molecule has 0 spiro atoms. The first-order chi connectivity index (χ1) is 9.51. The zero-order valence-electron chi connectivity index (χ0n) is 12.8. The lowest BCUT2D eigenvalue weighted by Crippen LogP contribution is -2.57. The first-order valence-corrected chi connectivity index (χ1v) is 7.22. The van der Waals surface area contributed by atoms with Crippen molar-refractivity contribution in [1.29, 1.82) is 0 Å². The Labute approximate surface area is 132 Å². The van der Waals surface area contributed by atoms with Crippen LogP contribution >= 0.6 is 12.4 Å². The number of rotatable bonds is 4. The van der Waals surface area contributed by atoms with Crippen molar-refractivity contribution in [2.24, 2.45) is 5.73 Å². The molecule has 1 saturated heterocycles. The third-order valence-corrected chi connectivity index (χ3v) is 4.02. The van der Waals surface area contributed by atoms with Gasteiger partial charge in [-0.15, -0.1) is 12.4 Å². The van der Waals surface area contributed by atoms with Crippen LogP contribution in [0.5, 0.6) is 0 Å². The van der Waals surface area contributed by atoms with Crippen molar-refractivity contribution in [3.05, 3.63) is 34.9 Å². The summed E-state index contributed by atoms with van der Waals surface area (Å²) in [6.45, 7) is 5.96. The monoisotopic (exact) mass is 312 g/mol. The highest BCUT2D eigenvalue weighted by Crippen LogP contribution is 2.17. The van der Waals surface area contributed by atoms with Gasteiger partial charge in [0.1, 0.15) is 0 Å². The Balaban J connectivity index is 0.00000220. The molecule has 1 heterocycles. The lowest BCUT2D eigenvalue weighted by molar-refractivity contribution is -0.129. The summed E-state index contributed by atoms with van der Waals surface area (Å²) in [6.07, 6.45) is 2.04. The van der Waals surface area contributed by atoms with Gasteiger partial charge in [0.2, 0.25) is 5.91 Å². The molecule has 5 heteroatoms. The molecule has 0 saturated carbocycles. The van der Waals surface area contributed by atoms with E-state index in [0.717, 1.165) is 6.42 Å². The normalized spacial score (nSPS) is 16.9. The highest BCUT2D eigenvalue weighted by atomic mass is 35.5. The Morgan fingerprint density at radius 1 is 1.33 bits per heavy atom. The topological polar surface area (TPSA) is 64.4 Å². The molecule has 0 unspecified atom stereocenters. The molecule has 0 radical (unpaired) electrons. The lowest BCUT2D eigenvalue weighted by Gasteiger charge is -2.31. The van der Waals surface area contributed by atoms with Crippen LogP contribution in [0.1, 0.15) is 29.5 Å². The first kappa shape index (κ1) is 18.0. The van der Waals surface area contributed by atoms with Gasteiger partial charge < -0.3 is 15.8 Å². The van der Waals surface area contributed by atoms with Crippen molar-refractivity contribution in [1.82, 2.24) is 5.32 Å². The van der Waals surface area contributed by atoms with Gasteiger partial charge in [0.25, 0.3) is 0 Å². The van der Waals surface area contributed by atoms with Crippen LogP contribution in [0.25, 0.3) is 0 Å². The van der Waals surface area contributed by atoms with Crippen molar-refractivity contribution in [3.63, 3.8) is 0 Å². The number of hydrogen-bond donors (Lipinski definition) is 2. The van der Waals surface area contributed by atoms with Crippen LogP contribution in [-0.4, -0.2) is 31.2 Å². The lowest BCUT2D eigenvalue weighted by atomic mass is 9.90. The molecule has 3 N–H and O–H groups in total. The van der Waals surface area contributed by atoms with Gasteiger partial charge in [0, 0.05) is 19.8 Å². The Hall–Kier alpha value is -1.10. The van der Waals surface area contributed by atoms with E-state index in [-0.39, 0.29) is 18.3 Å². The van der Waals surface area contributed by atoms with Crippen molar-refractivity contribution in [2.45, 2.75) is 38.6 Å². The molecule has 1 aliphatic rings. The largest absolute Gasteiger partial charge is 0.381 e. The zero-order chi connectivity index (χ0) is 14.6. The second-order valence-electron chi connectivity index (χ2n) is 5.70. The predicted molar refractivity (Wildman–Crippen MR) is 86.8 cm³/mol. The van der Waals surface area contributed by atoms with Gasteiger partial charge in [-0.1, -0.05) is 23.8 Å². The minimum atomic E-state index is -0.749. The summed E-state index contributed by atoms with van der Waals surface area (Å²) in [7, 11) is 0. The number of benzene rings is 1. The minimum absolute atomic E-state index is 0. The number of carbonyl (C=O) groups is 1. The van der Waals surface area contributed by atoms with Crippen LogP contribution in [0.4, 0.5) is 0 Å². The highest BCUT2D eigenvalue weighted by molar-refractivity contribution is 5.86. The van der Waals surface area contributed by atoms with Gasteiger partial charge in [0.15, 0.2) is 0 Å². The molecular formula is C16H25ClN2O2. The molecule has 118 valence electrons. The van der Waals surface area contributed by atoms with E-state index in [9.17, 15) is 4.79 Å². The third kappa shape index (κ3) is 4.70. The van der Waals surface area contributed by atoms with E-state index < -0.39 is 5.54 Å². The molecule has 1 aromatic carbocycles. The molecular weight excluding hydrogens is 288 g/mol. The SMILES string of the molecule is Cc1ccc(CCNC(=O)C2(N)CCOCC2)c(C)c1.Cl.